The van der Waals surface area contributed by atoms with Crippen molar-refractivity contribution in [2.45, 2.75) is 51.7 Å². The summed E-state index contributed by atoms with van der Waals surface area (Å²) in [6.07, 6.45) is 4.56. The van der Waals surface area contributed by atoms with Gasteiger partial charge < -0.3 is 0 Å². The largest absolute Gasteiger partial charge is 0.291 e. The van der Waals surface area contributed by atoms with Crippen molar-refractivity contribution in [2.75, 3.05) is 0 Å². The molecule has 1 aliphatic carbocycles. The molecule has 0 bridgehead atoms. The van der Waals surface area contributed by atoms with Gasteiger partial charge in [0.05, 0.1) is 5.69 Å². The van der Waals surface area contributed by atoms with Crippen LogP contribution in [0.2, 0.25) is 0 Å². The van der Waals surface area contributed by atoms with E-state index in [0.29, 0.717) is 6.04 Å². The minimum Gasteiger partial charge on any atom is -0.291 e. The van der Waals surface area contributed by atoms with Crippen molar-refractivity contribution < 1.29 is 0 Å². The van der Waals surface area contributed by atoms with E-state index in [4.69, 9.17) is 5.10 Å². The van der Waals surface area contributed by atoms with Crippen molar-refractivity contribution in [2.24, 2.45) is 0 Å². The van der Waals surface area contributed by atoms with E-state index in [0.717, 1.165) is 24.7 Å². The van der Waals surface area contributed by atoms with Gasteiger partial charge >= 0.3 is 0 Å². The summed E-state index contributed by atoms with van der Waals surface area (Å²) in [6.45, 7) is 6.45. The summed E-state index contributed by atoms with van der Waals surface area (Å²) in [7, 11) is 0. The fourth-order valence-electron chi connectivity index (χ4n) is 2.85. The smallest absolute Gasteiger partial charge is 0.160 e. The van der Waals surface area contributed by atoms with Crippen molar-refractivity contribution in [1.29, 1.82) is 0 Å². The minimum atomic E-state index is 0.575. The standard InChI is InChI=1S/C14H18N4/c1-9(2)17-7-11-12(8-17)16-18-13(10-3-4-10)5-6-15-14(11)18/h5-6,9-10H,3-4,7-8H2,1-2H3. The lowest BCUT2D eigenvalue weighted by Crippen LogP contribution is -2.25. The van der Waals surface area contributed by atoms with Crippen molar-refractivity contribution in [3.8, 4) is 0 Å². The summed E-state index contributed by atoms with van der Waals surface area (Å²) in [5, 5.41) is 4.80. The van der Waals surface area contributed by atoms with Crippen LogP contribution in [-0.2, 0) is 13.1 Å². The summed E-state index contributed by atoms with van der Waals surface area (Å²) >= 11 is 0. The molecule has 4 nitrogen and oxygen atoms in total. The van der Waals surface area contributed by atoms with E-state index in [-0.39, 0.29) is 0 Å². The molecule has 0 atom stereocenters. The Labute approximate surface area is 107 Å². The summed E-state index contributed by atoms with van der Waals surface area (Å²) in [4.78, 5) is 7.00. The zero-order valence-corrected chi connectivity index (χ0v) is 10.9. The lowest BCUT2D eigenvalue weighted by atomic mass is 10.2. The number of fused-ring (bicyclic) bond motifs is 3. The zero-order valence-electron chi connectivity index (χ0n) is 10.9. The van der Waals surface area contributed by atoms with Gasteiger partial charge in [0, 0.05) is 42.5 Å². The normalized spacial score (nSPS) is 19.9. The van der Waals surface area contributed by atoms with E-state index in [9.17, 15) is 0 Å². The molecule has 0 amide bonds. The second kappa shape index (κ2) is 3.54. The minimum absolute atomic E-state index is 0.575. The highest BCUT2D eigenvalue weighted by Crippen LogP contribution is 2.40. The lowest BCUT2D eigenvalue weighted by molar-refractivity contribution is 0.225. The third kappa shape index (κ3) is 1.42. The SMILES string of the molecule is CC(C)N1Cc2nn3c(C4CC4)ccnc3c2C1. The molecule has 0 aromatic carbocycles. The molecule has 1 fully saturated rings. The Morgan fingerprint density at radius 3 is 2.83 bits per heavy atom. The summed E-state index contributed by atoms with van der Waals surface area (Å²) < 4.78 is 2.10. The second-order valence-electron chi connectivity index (χ2n) is 5.80. The molecule has 4 rings (SSSR count). The number of nitrogens with zero attached hydrogens (tertiary/aromatic N) is 4. The molecule has 0 N–H and O–H groups in total. The average Bonchev–Trinajstić information content (AvgIpc) is 3.00. The zero-order chi connectivity index (χ0) is 12.3. The first-order valence-electron chi connectivity index (χ1n) is 6.83. The van der Waals surface area contributed by atoms with E-state index < -0.39 is 0 Å². The molecule has 0 spiro atoms. The van der Waals surface area contributed by atoms with Gasteiger partial charge in [-0.3, -0.25) is 4.90 Å². The van der Waals surface area contributed by atoms with E-state index >= 15 is 0 Å². The van der Waals surface area contributed by atoms with Crippen LogP contribution in [0.1, 0.15) is 49.6 Å². The third-order valence-electron chi connectivity index (χ3n) is 4.17. The highest BCUT2D eigenvalue weighted by Gasteiger charge is 2.31. The number of hydrogen-bond donors (Lipinski definition) is 0. The van der Waals surface area contributed by atoms with Crippen LogP contribution < -0.4 is 0 Å². The molecule has 2 aromatic heterocycles. The van der Waals surface area contributed by atoms with Gasteiger partial charge in [0.2, 0.25) is 0 Å². The average molecular weight is 242 g/mol. The molecule has 18 heavy (non-hydrogen) atoms. The van der Waals surface area contributed by atoms with Crippen molar-refractivity contribution >= 4 is 5.65 Å². The van der Waals surface area contributed by atoms with Crippen LogP contribution in [-0.4, -0.2) is 25.5 Å². The summed E-state index contributed by atoms with van der Waals surface area (Å²) in [5.74, 6) is 0.719. The van der Waals surface area contributed by atoms with Crippen LogP contribution in [0.5, 0.6) is 0 Å². The van der Waals surface area contributed by atoms with E-state index in [1.807, 2.05) is 6.20 Å². The Bertz CT molecular complexity index is 610. The predicted molar refractivity (Wildman–Crippen MR) is 69.3 cm³/mol. The van der Waals surface area contributed by atoms with Gasteiger partial charge in [-0.2, -0.15) is 5.10 Å². The van der Waals surface area contributed by atoms with E-state index in [2.05, 4.69) is 34.3 Å². The van der Waals surface area contributed by atoms with Crippen LogP contribution in [0.3, 0.4) is 0 Å². The molecular weight excluding hydrogens is 224 g/mol. The molecule has 2 aliphatic rings. The molecule has 94 valence electrons. The molecule has 0 unspecified atom stereocenters. The van der Waals surface area contributed by atoms with Crippen LogP contribution in [0.15, 0.2) is 12.3 Å². The highest BCUT2D eigenvalue weighted by atomic mass is 15.3. The van der Waals surface area contributed by atoms with Crippen LogP contribution in [0, 0.1) is 0 Å². The van der Waals surface area contributed by atoms with Crippen LogP contribution >= 0.6 is 0 Å². The molecule has 1 aliphatic heterocycles. The fraction of sp³-hybridized carbons (Fsp3) is 0.571. The molecular formula is C14H18N4. The van der Waals surface area contributed by atoms with Gasteiger partial charge in [0.25, 0.3) is 0 Å². The molecule has 4 heteroatoms. The van der Waals surface area contributed by atoms with E-state index in [1.54, 1.807) is 0 Å². The van der Waals surface area contributed by atoms with Crippen molar-refractivity contribution in [3.63, 3.8) is 0 Å². The predicted octanol–water partition coefficient (Wildman–Crippen LogP) is 2.33. The first-order valence-corrected chi connectivity index (χ1v) is 6.83. The number of rotatable bonds is 2. The summed E-state index contributed by atoms with van der Waals surface area (Å²) in [5.41, 5.74) is 5.00. The maximum Gasteiger partial charge on any atom is 0.160 e. The first kappa shape index (κ1) is 10.5. The summed E-state index contributed by atoms with van der Waals surface area (Å²) in [6, 6.07) is 2.71. The maximum atomic E-state index is 4.80. The molecule has 0 saturated heterocycles. The maximum absolute atomic E-state index is 4.80. The first-order chi connectivity index (χ1) is 8.74. The molecule has 3 heterocycles. The van der Waals surface area contributed by atoms with Crippen LogP contribution in [0.25, 0.3) is 5.65 Å². The third-order valence-corrected chi connectivity index (χ3v) is 4.17. The van der Waals surface area contributed by atoms with Gasteiger partial charge in [-0.05, 0) is 32.8 Å². The van der Waals surface area contributed by atoms with E-state index in [1.165, 1.54) is 29.8 Å². The molecule has 0 radical (unpaired) electrons. The number of aromatic nitrogens is 3. The number of hydrogen-bond acceptors (Lipinski definition) is 3. The topological polar surface area (TPSA) is 33.4 Å². The molecule has 1 saturated carbocycles. The Balaban J connectivity index is 1.83. The van der Waals surface area contributed by atoms with Gasteiger partial charge in [-0.15, -0.1) is 0 Å². The second-order valence-corrected chi connectivity index (χ2v) is 5.80. The quantitative estimate of drug-likeness (QED) is 0.810. The van der Waals surface area contributed by atoms with Gasteiger partial charge in [-0.1, -0.05) is 0 Å². The Morgan fingerprint density at radius 2 is 2.11 bits per heavy atom. The Hall–Kier alpha value is -1.42. The molecule has 2 aromatic rings. The van der Waals surface area contributed by atoms with Gasteiger partial charge in [0.1, 0.15) is 0 Å². The Morgan fingerprint density at radius 1 is 1.28 bits per heavy atom. The lowest BCUT2D eigenvalue weighted by Gasteiger charge is -2.19. The van der Waals surface area contributed by atoms with Crippen LogP contribution in [0.4, 0.5) is 0 Å². The fourth-order valence-corrected chi connectivity index (χ4v) is 2.85. The highest BCUT2D eigenvalue weighted by molar-refractivity contribution is 5.52. The van der Waals surface area contributed by atoms with Crippen molar-refractivity contribution in [1.82, 2.24) is 19.5 Å². The van der Waals surface area contributed by atoms with Gasteiger partial charge in [0.15, 0.2) is 5.65 Å². The monoisotopic (exact) mass is 242 g/mol. The van der Waals surface area contributed by atoms with Crippen molar-refractivity contribution in [3.05, 3.63) is 29.2 Å². The van der Waals surface area contributed by atoms with Gasteiger partial charge in [-0.25, -0.2) is 9.50 Å². The Kier molecular flexibility index (Phi) is 2.07.